The number of esters is 1. The largest absolute Gasteiger partial charge is 0.463 e. The van der Waals surface area contributed by atoms with Gasteiger partial charge >= 0.3 is 5.97 Å². The maximum absolute atomic E-state index is 11.6. The Hall–Kier alpha value is -1.32. The highest BCUT2D eigenvalue weighted by molar-refractivity contribution is 5.69. The van der Waals surface area contributed by atoms with Crippen LogP contribution in [0.3, 0.4) is 0 Å². The number of aryl methyl sites for hydroxylation is 1. The van der Waals surface area contributed by atoms with Gasteiger partial charge in [0.1, 0.15) is 12.4 Å². The molecule has 0 aliphatic heterocycles. The first-order chi connectivity index (χ1) is 9.72. The van der Waals surface area contributed by atoms with E-state index >= 15 is 0 Å². The average molecular weight is 281 g/mol. The van der Waals surface area contributed by atoms with Crippen molar-refractivity contribution in [3.8, 4) is 0 Å². The molecule has 0 spiro atoms. The standard InChI is InChI=1S/C16H29N2O2/c1-3-4-5-6-7-8-9-10-13-20-16(19)14-18-12-11-17(2)15-18/h11-12,15H,3-10,13-14H2,1-2H3/q+1. The number of nitrogens with zero attached hydrogens (tertiary/aromatic N) is 2. The van der Waals surface area contributed by atoms with Gasteiger partial charge in [0.25, 0.3) is 0 Å². The number of hydrogen-bond donors (Lipinski definition) is 0. The lowest BCUT2D eigenvalue weighted by Gasteiger charge is -2.03. The van der Waals surface area contributed by atoms with Crippen LogP contribution in [0.5, 0.6) is 0 Å². The lowest BCUT2D eigenvalue weighted by atomic mass is 10.1. The smallest absolute Gasteiger partial charge is 0.348 e. The Kier molecular flexibility index (Phi) is 8.76. The number of unbranched alkanes of at least 4 members (excludes halogenated alkanes) is 7. The zero-order valence-corrected chi connectivity index (χ0v) is 13.0. The Morgan fingerprint density at radius 1 is 1.10 bits per heavy atom. The summed E-state index contributed by atoms with van der Waals surface area (Å²) in [5.74, 6) is -0.149. The Bertz CT molecular complexity index is 374. The molecule has 0 fully saturated rings. The second-order valence-electron chi connectivity index (χ2n) is 5.45. The third kappa shape index (κ3) is 7.97. The van der Waals surface area contributed by atoms with Crippen LogP contribution in [0.15, 0.2) is 18.7 Å². The van der Waals surface area contributed by atoms with Gasteiger partial charge in [0.2, 0.25) is 6.33 Å². The summed E-state index contributed by atoms with van der Waals surface area (Å²) in [6.45, 7) is 3.10. The van der Waals surface area contributed by atoms with Crippen LogP contribution in [0.1, 0.15) is 58.3 Å². The molecule has 0 aliphatic rings. The molecule has 0 saturated heterocycles. The summed E-state index contributed by atoms with van der Waals surface area (Å²) in [6.07, 6.45) is 15.7. The molecule has 0 N–H and O–H groups in total. The van der Waals surface area contributed by atoms with E-state index in [0.717, 1.165) is 12.8 Å². The highest BCUT2D eigenvalue weighted by Crippen LogP contribution is 2.08. The minimum atomic E-state index is -0.149. The molecule has 1 aromatic rings. The van der Waals surface area contributed by atoms with Crippen LogP contribution < -0.4 is 4.57 Å². The van der Waals surface area contributed by atoms with Crippen molar-refractivity contribution in [2.45, 2.75) is 64.8 Å². The number of carbonyl (C=O) groups excluding carboxylic acids is 1. The minimum absolute atomic E-state index is 0.149. The van der Waals surface area contributed by atoms with Crippen LogP contribution in [0.2, 0.25) is 0 Å². The predicted octanol–water partition coefficient (Wildman–Crippen LogP) is 3.00. The van der Waals surface area contributed by atoms with Crippen molar-refractivity contribution in [2.24, 2.45) is 7.05 Å². The van der Waals surface area contributed by atoms with Gasteiger partial charge in [-0.1, -0.05) is 51.9 Å². The van der Waals surface area contributed by atoms with Gasteiger partial charge in [0.15, 0.2) is 6.54 Å². The maximum atomic E-state index is 11.6. The van der Waals surface area contributed by atoms with E-state index in [1.54, 1.807) is 0 Å². The summed E-state index contributed by atoms with van der Waals surface area (Å²) >= 11 is 0. The van der Waals surface area contributed by atoms with E-state index in [2.05, 4.69) is 6.92 Å². The van der Waals surface area contributed by atoms with E-state index in [4.69, 9.17) is 4.74 Å². The maximum Gasteiger partial charge on any atom is 0.348 e. The van der Waals surface area contributed by atoms with Crippen molar-refractivity contribution in [3.63, 3.8) is 0 Å². The van der Waals surface area contributed by atoms with E-state index in [-0.39, 0.29) is 5.97 Å². The first-order valence-corrected chi connectivity index (χ1v) is 7.89. The van der Waals surface area contributed by atoms with E-state index < -0.39 is 0 Å². The van der Waals surface area contributed by atoms with E-state index in [0.29, 0.717) is 13.2 Å². The van der Waals surface area contributed by atoms with Gasteiger partial charge in [-0.3, -0.25) is 0 Å². The van der Waals surface area contributed by atoms with E-state index in [9.17, 15) is 4.79 Å². The molecule has 0 saturated carbocycles. The number of hydrogen-bond acceptors (Lipinski definition) is 2. The summed E-state index contributed by atoms with van der Waals surface area (Å²) in [5.41, 5.74) is 0. The number of ether oxygens (including phenoxy) is 1. The van der Waals surface area contributed by atoms with Crippen molar-refractivity contribution in [1.82, 2.24) is 4.57 Å². The third-order valence-electron chi connectivity index (χ3n) is 3.40. The zero-order chi connectivity index (χ0) is 14.6. The van der Waals surface area contributed by atoms with Crippen LogP contribution in [0.4, 0.5) is 0 Å². The summed E-state index contributed by atoms with van der Waals surface area (Å²) in [7, 11) is 1.93. The van der Waals surface area contributed by atoms with E-state index in [1.807, 2.05) is 34.9 Å². The number of aromatic nitrogens is 2. The second kappa shape index (κ2) is 10.5. The van der Waals surface area contributed by atoms with Crippen molar-refractivity contribution >= 4 is 5.97 Å². The summed E-state index contributed by atoms with van der Waals surface area (Å²) in [6, 6.07) is 0. The fourth-order valence-corrected chi connectivity index (χ4v) is 2.21. The van der Waals surface area contributed by atoms with E-state index in [1.165, 1.54) is 38.5 Å². The topological polar surface area (TPSA) is 35.1 Å². The van der Waals surface area contributed by atoms with Crippen molar-refractivity contribution in [1.29, 1.82) is 0 Å². The lowest BCUT2D eigenvalue weighted by Crippen LogP contribution is -2.24. The molecule has 0 aliphatic carbocycles. The zero-order valence-electron chi connectivity index (χ0n) is 13.0. The van der Waals surface area contributed by atoms with Gasteiger partial charge in [-0.05, 0) is 6.42 Å². The normalized spacial score (nSPS) is 10.7. The third-order valence-corrected chi connectivity index (χ3v) is 3.40. The Morgan fingerprint density at radius 2 is 1.75 bits per heavy atom. The van der Waals surface area contributed by atoms with Gasteiger partial charge in [0.05, 0.1) is 13.7 Å². The molecule has 0 unspecified atom stereocenters. The van der Waals surface area contributed by atoms with Crippen LogP contribution >= 0.6 is 0 Å². The Balaban J connectivity index is 1.92. The summed E-state index contributed by atoms with van der Waals surface area (Å²) in [4.78, 5) is 11.6. The monoisotopic (exact) mass is 281 g/mol. The summed E-state index contributed by atoms with van der Waals surface area (Å²) < 4.78 is 8.97. The van der Waals surface area contributed by atoms with Crippen LogP contribution in [0, 0.1) is 0 Å². The van der Waals surface area contributed by atoms with Crippen LogP contribution in [-0.2, 0) is 23.1 Å². The Morgan fingerprint density at radius 3 is 2.35 bits per heavy atom. The van der Waals surface area contributed by atoms with Crippen molar-refractivity contribution < 1.29 is 14.1 Å². The highest BCUT2D eigenvalue weighted by atomic mass is 16.5. The molecule has 4 heteroatoms. The van der Waals surface area contributed by atoms with Gasteiger partial charge in [-0.15, -0.1) is 0 Å². The van der Waals surface area contributed by atoms with Crippen molar-refractivity contribution in [2.75, 3.05) is 6.61 Å². The number of rotatable bonds is 11. The molecule has 0 bridgehead atoms. The number of carbonyl (C=O) groups is 1. The molecule has 114 valence electrons. The fraction of sp³-hybridized carbons (Fsp3) is 0.750. The average Bonchev–Trinajstić information content (AvgIpc) is 2.82. The molecule has 1 aromatic heterocycles. The molecular formula is C16H29N2O2+. The van der Waals surface area contributed by atoms with Gasteiger partial charge in [0, 0.05) is 0 Å². The molecule has 20 heavy (non-hydrogen) atoms. The molecule has 1 heterocycles. The molecule has 0 atom stereocenters. The molecule has 0 aromatic carbocycles. The number of imidazole rings is 1. The fourth-order valence-electron chi connectivity index (χ4n) is 2.21. The second-order valence-corrected chi connectivity index (χ2v) is 5.45. The SMILES string of the molecule is CCCCCCCCCCOC(=O)Cn1cc[n+](C)c1. The first-order valence-electron chi connectivity index (χ1n) is 7.89. The molecule has 0 amide bonds. The molecule has 4 nitrogen and oxygen atoms in total. The summed E-state index contributed by atoms with van der Waals surface area (Å²) in [5, 5.41) is 0. The molecule has 0 radical (unpaired) electrons. The first kappa shape index (κ1) is 16.7. The van der Waals surface area contributed by atoms with Gasteiger partial charge in [-0.25, -0.2) is 13.9 Å². The lowest BCUT2D eigenvalue weighted by molar-refractivity contribution is -0.671. The highest BCUT2D eigenvalue weighted by Gasteiger charge is 2.08. The van der Waals surface area contributed by atoms with Crippen LogP contribution in [0.25, 0.3) is 0 Å². The predicted molar refractivity (Wildman–Crippen MR) is 79.2 cm³/mol. The van der Waals surface area contributed by atoms with Gasteiger partial charge in [-0.2, -0.15) is 0 Å². The quantitative estimate of drug-likeness (QED) is 0.355. The minimum Gasteiger partial charge on any atom is -0.463 e. The Labute approximate surface area is 122 Å². The van der Waals surface area contributed by atoms with Crippen LogP contribution in [-0.4, -0.2) is 17.1 Å². The van der Waals surface area contributed by atoms with Crippen molar-refractivity contribution in [3.05, 3.63) is 18.7 Å². The molecular weight excluding hydrogens is 252 g/mol. The van der Waals surface area contributed by atoms with Gasteiger partial charge < -0.3 is 4.74 Å². The molecule has 1 rings (SSSR count).